The maximum Gasteiger partial charge on any atom is 0.339 e. The van der Waals surface area contributed by atoms with Gasteiger partial charge in [0.25, 0.3) is 0 Å². The van der Waals surface area contributed by atoms with Crippen LogP contribution in [0.25, 0.3) is 24.3 Å². The fourth-order valence-electron chi connectivity index (χ4n) is 8.92. The molecule has 16 heteroatoms. The number of carboxylic acid groups (broad SMARTS) is 1. The highest BCUT2D eigenvalue weighted by molar-refractivity contribution is 7.13. The van der Waals surface area contributed by atoms with Crippen LogP contribution in [-0.2, 0) is 42.0 Å². The van der Waals surface area contributed by atoms with E-state index in [4.69, 9.17) is 15.1 Å². The number of nitrogens with zero attached hydrogens (tertiary/aromatic N) is 6. The van der Waals surface area contributed by atoms with Gasteiger partial charge in [0.1, 0.15) is 10.0 Å². The van der Waals surface area contributed by atoms with Gasteiger partial charge in [-0.05, 0) is 106 Å². The van der Waals surface area contributed by atoms with Crippen molar-refractivity contribution in [3.8, 4) is 0 Å². The lowest BCUT2D eigenvalue weighted by Gasteiger charge is -2.37. The molecule has 0 fully saturated rings. The smallest absolute Gasteiger partial charge is 0.339 e. The molecule has 1 N–H and O–H groups in total. The number of hydrogen-bond acceptors (Lipinski definition) is 15. The number of pyridine rings is 3. The zero-order valence-corrected chi connectivity index (χ0v) is 48.6. The molecule has 13 nitrogen and oxygen atoms in total. The van der Waals surface area contributed by atoms with Crippen molar-refractivity contribution >= 4 is 82.5 Å². The third-order valence-electron chi connectivity index (χ3n) is 14.3. The number of methoxy groups -OCH3 is 2. The van der Waals surface area contributed by atoms with Crippen molar-refractivity contribution in [3.05, 3.63) is 135 Å². The van der Waals surface area contributed by atoms with Crippen molar-refractivity contribution < 1.29 is 33.8 Å². The van der Waals surface area contributed by atoms with Crippen LogP contribution in [0, 0.1) is 6.92 Å². The van der Waals surface area contributed by atoms with Crippen LogP contribution in [0.3, 0.4) is 0 Å². The monoisotopic (exact) mass is 1070 g/mol. The second kappa shape index (κ2) is 23.0. The molecule has 0 atom stereocenters. The zero-order valence-electron chi connectivity index (χ0n) is 46.1. The number of aromatic nitrogens is 6. The Kier molecular flexibility index (Phi) is 17.9. The van der Waals surface area contributed by atoms with E-state index in [1.54, 1.807) is 64.3 Å². The fourth-order valence-corrected chi connectivity index (χ4v) is 12.7. The third kappa shape index (κ3) is 14.0. The molecule has 6 aromatic heterocycles. The number of carbonyl (C=O) groups is 4. The van der Waals surface area contributed by atoms with E-state index in [1.165, 1.54) is 78.1 Å². The second-order valence-corrected chi connectivity index (χ2v) is 26.3. The topological polar surface area (TPSA) is 184 Å². The van der Waals surface area contributed by atoms with Crippen molar-refractivity contribution in [2.45, 2.75) is 161 Å². The largest absolute Gasteiger partial charge is 0.478 e. The van der Waals surface area contributed by atoms with Crippen LogP contribution in [0.4, 0.5) is 0 Å². The van der Waals surface area contributed by atoms with E-state index < -0.39 is 5.97 Å². The van der Waals surface area contributed by atoms with Crippen LogP contribution in [0.1, 0.15) is 221 Å². The van der Waals surface area contributed by atoms with Gasteiger partial charge in [-0.3, -0.25) is 19.7 Å². The lowest BCUT2D eigenvalue weighted by atomic mass is 9.69. The molecule has 3 aliphatic rings. The maximum atomic E-state index is 11.4. The van der Waals surface area contributed by atoms with Gasteiger partial charge in [0.05, 0.1) is 59.4 Å². The molecule has 0 spiro atoms. The highest BCUT2D eigenvalue weighted by Crippen LogP contribution is 2.50. The molecule has 6 heterocycles. The first-order chi connectivity index (χ1) is 35.0. The van der Waals surface area contributed by atoms with Gasteiger partial charge in [-0.15, -0.1) is 34.0 Å². The quantitative estimate of drug-likeness (QED) is 0.112. The SMILES string of the molecule is CC1(C)CCC(C)(C)c2sc(/C=C/c3ccc(C(=O)O)cn3)nc21.CC1(C)CCC(C)(C)c2sc(C=O)nc21.COC(=O)c1ccc(/C=C/c2nc3c(s2)C(C)(C)CCC3(C)C)nc1.COC(=O)c1ccc(C)nc1. The molecule has 0 radical (unpaired) electrons. The van der Waals surface area contributed by atoms with Gasteiger partial charge in [-0.25, -0.2) is 29.3 Å². The third-order valence-corrected chi connectivity index (χ3v) is 18.4. The van der Waals surface area contributed by atoms with Crippen LogP contribution in [-0.4, -0.2) is 73.4 Å². The number of rotatable bonds is 8. The summed E-state index contributed by atoms with van der Waals surface area (Å²) >= 11 is 5.09. The molecular weight excluding hydrogens is 1000 g/mol. The first kappa shape index (κ1) is 58.2. The first-order valence-electron chi connectivity index (χ1n) is 25.1. The molecule has 0 unspecified atom stereocenters. The number of aryl methyl sites for hydroxylation is 1. The summed E-state index contributed by atoms with van der Waals surface area (Å²) in [4.78, 5) is 74.7. The van der Waals surface area contributed by atoms with E-state index in [2.05, 4.69) is 112 Å². The molecule has 9 rings (SSSR count). The number of ether oxygens (including phenoxy) is 2. The minimum Gasteiger partial charge on any atom is -0.478 e. The van der Waals surface area contributed by atoms with E-state index >= 15 is 0 Å². The van der Waals surface area contributed by atoms with Crippen molar-refractivity contribution in [2.24, 2.45) is 0 Å². The summed E-state index contributed by atoms with van der Waals surface area (Å²) in [5, 5.41) is 11.5. The van der Waals surface area contributed by atoms with E-state index in [0.29, 0.717) is 16.1 Å². The summed E-state index contributed by atoms with van der Waals surface area (Å²) in [5.74, 6) is -1.69. The Labute approximate surface area is 454 Å². The second-order valence-electron chi connectivity index (χ2n) is 23.2. The fraction of sp³-hybridized carbons (Fsp3) is 0.458. The molecule has 0 saturated heterocycles. The van der Waals surface area contributed by atoms with E-state index in [-0.39, 0.29) is 50.0 Å². The van der Waals surface area contributed by atoms with Gasteiger partial charge in [0.15, 0.2) is 11.3 Å². The average molecular weight is 1070 g/mol. The molecule has 75 heavy (non-hydrogen) atoms. The van der Waals surface area contributed by atoms with Gasteiger partial charge in [-0.2, -0.15) is 0 Å². The number of fused-ring (bicyclic) bond motifs is 3. The number of carbonyl (C=O) groups excluding carboxylic acids is 3. The van der Waals surface area contributed by atoms with Gasteiger partial charge >= 0.3 is 17.9 Å². The lowest BCUT2D eigenvalue weighted by molar-refractivity contribution is 0.0591. The van der Waals surface area contributed by atoms with Gasteiger partial charge < -0.3 is 14.6 Å². The maximum absolute atomic E-state index is 11.4. The number of aldehydes is 1. The van der Waals surface area contributed by atoms with E-state index in [9.17, 15) is 19.2 Å². The van der Waals surface area contributed by atoms with Gasteiger partial charge in [0.2, 0.25) is 0 Å². The minimum atomic E-state index is -0.963. The summed E-state index contributed by atoms with van der Waals surface area (Å²) in [6.45, 7) is 29.1. The number of thiazole rings is 3. The molecule has 0 aliphatic heterocycles. The van der Waals surface area contributed by atoms with Gasteiger partial charge in [0, 0.05) is 71.4 Å². The van der Waals surface area contributed by atoms with Crippen LogP contribution >= 0.6 is 34.0 Å². The minimum absolute atomic E-state index is 0.120. The number of esters is 2. The molecule has 3 aliphatic carbocycles. The van der Waals surface area contributed by atoms with Crippen LogP contribution in [0.5, 0.6) is 0 Å². The molecule has 0 aromatic carbocycles. The van der Waals surface area contributed by atoms with E-state index in [0.717, 1.165) is 58.3 Å². The van der Waals surface area contributed by atoms with Crippen LogP contribution < -0.4 is 0 Å². The van der Waals surface area contributed by atoms with Gasteiger partial charge in [-0.1, -0.05) is 83.1 Å². The van der Waals surface area contributed by atoms with Crippen molar-refractivity contribution in [1.82, 2.24) is 29.9 Å². The average Bonchev–Trinajstić information content (AvgIpc) is 4.16. The molecule has 398 valence electrons. The Morgan fingerprint density at radius 2 is 0.813 bits per heavy atom. The predicted molar refractivity (Wildman–Crippen MR) is 303 cm³/mol. The zero-order chi connectivity index (χ0) is 55.3. The van der Waals surface area contributed by atoms with Crippen molar-refractivity contribution in [1.29, 1.82) is 0 Å². The summed E-state index contributed by atoms with van der Waals surface area (Å²) in [6.07, 6.45) is 20.1. The standard InChI is InChI=1S/C20H24N2O2S.C19H22N2O2S.C12H17NOS.C8H9NO2/c1-19(2)10-11-20(3,4)17-16(19)22-15(25-17)9-8-14-7-6-13(12-21-14)18(23)24-5;1-18(2)9-10-19(3,4)16-15(18)21-14(24-16)8-7-13-6-5-12(11-20-13)17(22)23;1-11(2)5-6-12(3,4)10-9(11)13-8(7-14)15-10;1-6-3-4-7(5-9-6)8(10)11-2/h6-9,12H,10-11H2,1-5H3;5-8,11H,9-10H2,1-4H3,(H,22,23);7H,5-6H2,1-4H3;3-5H,1-2H3/b9-8+;8-7+;;. The summed E-state index contributed by atoms with van der Waals surface area (Å²) < 4.78 is 9.18. The molecule has 0 bridgehead atoms. The molecule has 6 aromatic rings. The summed E-state index contributed by atoms with van der Waals surface area (Å²) in [6, 6.07) is 10.3. The Balaban J connectivity index is 0.000000170. The Bertz CT molecular complexity index is 2960. The van der Waals surface area contributed by atoms with Crippen molar-refractivity contribution in [2.75, 3.05) is 14.2 Å². The summed E-state index contributed by atoms with van der Waals surface area (Å²) in [5.41, 5.74) is 8.07. The lowest BCUT2D eigenvalue weighted by Crippen LogP contribution is -2.32. The Hall–Kier alpha value is -6.10. The highest BCUT2D eigenvalue weighted by atomic mass is 32.1. The Morgan fingerprint density at radius 1 is 0.480 bits per heavy atom. The van der Waals surface area contributed by atoms with E-state index in [1.807, 2.05) is 37.3 Å². The Morgan fingerprint density at radius 3 is 1.12 bits per heavy atom. The molecular formula is C59H72N6O7S3. The molecule has 0 amide bonds. The number of carboxylic acids is 1. The van der Waals surface area contributed by atoms with Crippen LogP contribution in [0.15, 0.2) is 55.0 Å². The normalized spacial score (nSPS) is 17.7. The first-order valence-corrected chi connectivity index (χ1v) is 27.6. The predicted octanol–water partition coefficient (Wildman–Crippen LogP) is 14.1. The molecule has 0 saturated carbocycles. The number of aromatic carboxylic acids is 1. The summed E-state index contributed by atoms with van der Waals surface area (Å²) in [7, 11) is 2.71. The number of hydrogen-bond donors (Lipinski definition) is 1. The van der Waals surface area contributed by atoms with Crippen molar-refractivity contribution in [3.63, 3.8) is 0 Å². The van der Waals surface area contributed by atoms with Crippen LogP contribution in [0.2, 0.25) is 0 Å². The highest BCUT2D eigenvalue weighted by Gasteiger charge is 2.42.